The van der Waals surface area contributed by atoms with E-state index in [4.69, 9.17) is 16.5 Å². The van der Waals surface area contributed by atoms with Crippen LogP contribution in [-0.4, -0.2) is 84.1 Å². The maximum atomic E-state index is 12.9. The Bertz CT molecular complexity index is 915. The molecule has 0 aromatic heterocycles. The van der Waals surface area contributed by atoms with E-state index in [0.717, 1.165) is 23.3 Å². The fourth-order valence-electron chi connectivity index (χ4n) is 4.07. The second kappa shape index (κ2) is 11.0. The van der Waals surface area contributed by atoms with Crippen molar-refractivity contribution in [3.8, 4) is 5.75 Å². The van der Waals surface area contributed by atoms with Gasteiger partial charge in [0.2, 0.25) is 0 Å². The van der Waals surface area contributed by atoms with Crippen LogP contribution in [0.4, 0.5) is 28.4 Å². The fourth-order valence-corrected chi connectivity index (χ4v) is 4.61. The Morgan fingerprint density at radius 2 is 1.63 bits per heavy atom. The summed E-state index contributed by atoms with van der Waals surface area (Å²) in [6, 6.07) is 3.59. The minimum absolute atomic E-state index is 0.0658. The van der Waals surface area contributed by atoms with E-state index in [2.05, 4.69) is 25.6 Å². The largest absolute Gasteiger partial charge is 0.573 e. The molecule has 8 nitrogen and oxygen atoms in total. The number of likely N-dealkylation sites (tertiary alicyclic amines) is 1. The molecule has 2 heterocycles. The molecular weight excluding hydrogens is 557 g/mol. The van der Waals surface area contributed by atoms with Crippen molar-refractivity contribution in [1.29, 1.82) is 0 Å². The van der Waals surface area contributed by atoms with Gasteiger partial charge in [0.1, 0.15) is 11.4 Å². The zero-order valence-corrected chi connectivity index (χ0v) is 22.1. The van der Waals surface area contributed by atoms with Crippen LogP contribution in [0.5, 0.6) is 5.75 Å². The van der Waals surface area contributed by atoms with Crippen LogP contribution in [0.2, 0.25) is 0 Å². The molecule has 1 aromatic carbocycles. The molecule has 0 saturated carbocycles. The molecule has 196 valence electrons. The van der Waals surface area contributed by atoms with Gasteiger partial charge >= 0.3 is 18.5 Å². The van der Waals surface area contributed by atoms with Crippen LogP contribution in [0, 0.1) is 0 Å². The summed E-state index contributed by atoms with van der Waals surface area (Å²) >= 11 is 9.19. The van der Waals surface area contributed by atoms with Gasteiger partial charge in [-0.15, -0.1) is 13.2 Å². The number of hydrogen-bond acceptors (Lipinski definition) is 5. The first-order chi connectivity index (χ1) is 16.2. The Kier molecular flexibility index (Phi) is 8.69. The third-order valence-electron chi connectivity index (χ3n) is 5.75. The highest BCUT2D eigenvalue weighted by Gasteiger charge is 2.34. The highest BCUT2D eigenvalue weighted by atomic mass is 79.9. The average Bonchev–Trinajstić information content (AvgIpc) is 2.78. The van der Waals surface area contributed by atoms with Gasteiger partial charge in [-0.2, -0.15) is 0 Å². The third kappa shape index (κ3) is 7.78. The van der Waals surface area contributed by atoms with Crippen molar-refractivity contribution in [3.05, 3.63) is 22.7 Å². The number of piperidine rings is 1. The highest BCUT2D eigenvalue weighted by molar-refractivity contribution is 9.10. The summed E-state index contributed by atoms with van der Waals surface area (Å²) in [7, 11) is 0. The Morgan fingerprint density at radius 1 is 1.03 bits per heavy atom. The summed E-state index contributed by atoms with van der Waals surface area (Å²) in [5.74, 6) is -0.490. The van der Waals surface area contributed by atoms with E-state index in [1.807, 2.05) is 20.8 Å². The standard InChI is InChI=1S/C22H29BrClF3N4O4/c1-21(2,3)35-20(33)30-8-6-15(7-9-30)28-10-12-29(13-11-28)19(32)31(24)16-4-5-17(23)18(14-16)34-22(25,26)27/h4-5,14-15H,6-13H2,1-3H3. The van der Waals surface area contributed by atoms with Crippen LogP contribution in [0.25, 0.3) is 0 Å². The van der Waals surface area contributed by atoms with Gasteiger partial charge in [0.05, 0.1) is 10.2 Å². The lowest BCUT2D eigenvalue weighted by molar-refractivity contribution is -0.274. The van der Waals surface area contributed by atoms with Gasteiger partial charge in [0, 0.05) is 63.2 Å². The molecule has 0 aliphatic carbocycles. The van der Waals surface area contributed by atoms with Crippen molar-refractivity contribution >= 4 is 45.5 Å². The first kappa shape index (κ1) is 27.7. The molecule has 2 aliphatic heterocycles. The van der Waals surface area contributed by atoms with Gasteiger partial charge in [0.15, 0.2) is 0 Å². The minimum Gasteiger partial charge on any atom is -0.444 e. The molecule has 2 aliphatic rings. The van der Waals surface area contributed by atoms with Crippen LogP contribution in [0.3, 0.4) is 0 Å². The van der Waals surface area contributed by atoms with Crippen LogP contribution in [-0.2, 0) is 4.74 Å². The van der Waals surface area contributed by atoms with E-state index in [-0.39, 0.29) is 16.3 Å². The molecule has 0 atom stereocenters. The summed E-state index contributed by atoms with van der Waals surface area (Å²) in [5, 5.41) is 0. The van der Waals surface area contributed by atoms with Crippen LogP contribution >= 0.6 is 27.7 Å². The van der Waals surface area contributed by atoms with E-state index in [1.54, 1.807) is 9.80 Å². The smallest absolute Gasteiger partial charge is 0.444 e. The molecule has 2 saturated heterocycles. The maximum Gasteiger partial charge on any atom is 0.573 e. The molecule has 35 heavy (non-hydrogen) atoms. The van der Waals surface area contributed by atoms with Crippen LogP contribution in [0.15, 0.2) is 22.7 Å². The van der Waals surface area contributed by atoms with E-state index >= 15 is 0 Å². The molecule has 0 bridgehead atoms. The third-order valence-corrected chi connectivity index (χ3v) is 6.75. The summed E-state index contributed by atoms with van der Waals surface area (Å²) < 4.78 is 48.2. The molecule has 3 amide bonds. The zero-order chi connectivity index (χ0) is 26.0. The molecule has 0 unspecified atom stereocenters. The number of piperazine rings is 1. The predicted octanol–water partition coefficient (Wildman–Crippen LogP) is 5.45. The number of amides is 3. The number of carbonyl (C=O) groups is 2. The van der Waals surface area contributed by atoms with Crippen LogP contribution in [0.1, 0.15) is 33.6 Å². The lowest BCUT2D eigenvalue weighted by Gasteiger charge is -2.43. The number of hydrogen-bond donors (Lipinski definition) is 0. The quantitative estimate of drug-likeness (QED) is 0.442. The number of carbonyl (C=O) groups excluding carboxylic acids is 2. The number of nitrogens with zero attached hydrogens (tertiary/aromatic N) is 4. The fraction of sp³-hybridized carbons (Fsp3) is 0.636. The number of ether oxygens (including phenoxy) is 2. The van der Waals surface area contributed by atoms with Crippen molar-refractivity contribution in [2.75, 3.05) is 43.7 Å². The topological polar surface area (TPSA) is 65.6 Å². The number of anilines is 1. The Labute approximate surface area is 216 Å². The number of halogens is 5. The second-order valence-corrected chi connectivity index (χ2v) is 10.6. The van der Waals surface area contributed by atoms with E-state index in [1.165, 1.54) is 12.1 Å². The minimum atomic E-state index is -4.87. The zero-order valence-electron chi connectivity index (χ0n) is 19.8. The molecule has 0 spiro atoms. The first-order valence-corrected chi connectivity index (χ1v) is 12.4. The van der Waals surface area contributed by atoms with Crippen molar-refractivity contribution in [1.82, 2.24) is 14.7 Å². The molecule has 13 heteroatoms. The predicted molar refractivity (Wildman–Crippen MR) is 129 cm³/mol. The van der Waals surface area contributed by atoms with Crippen molar-refractivity contribution < 1.29 is 32.2 Å². The molecule has 1 aromatic rings. The molecule has 3 rings (SSSR count). The molecular formula is C22H29BrClF3N4O4. The van der Waals surface area contributed by atoms with E-state index < -0.39 is 23.7 Å². The summed E-state index contributed by atoms with van der Waals surface area (Å²) in [5.41, 5.74) is -0.466. The van der Waals surface area contributed by atoms with E-state index in [9.17, 15) is 22.8 Å². The van der Waals surface area contributed by atoms with Crippen LogP contribution < -0.4 is 9.16 Å². The van der Waals surface area contributed by atoms with Gasteiger partial charge < -0.3 is 19.3 Å². The average molecular weight is 586 g/mol. The number of alkyl halides is 3. The molecule has 2 fully saturated rings. The van der Waals surface area contributed by atoms with Crippen molar-refractivity contribution in [2.24, 2.45) is 0 Å². The Balaban J connectivity index is 1.51. The monoisotopic (exact) mass is 584 g/mol. The highest BCUT2D eigenvalue weighted by Crippen LogP contribution is 2.35. The normalized spacial score (nSPS) is 18.4. The summed E-state index contributed by atoms with van der Waals surface area (Å²) in [6.45, 7) is 8.87. The lowest BCUT2D eigenvalue weighted by atomic mass is 10.0. The van der Waals surface area contributed by atoms with Crippen molar-refractivity contribution in [3.63, 3.8) is 0 Å². The van der Waals surface area contributed by atoms with Gasteiger partial charge in [-0.3, -0.25) is 4.90 Å². The maximum absolute atomic E-state index is 12.9. The van der Waals surface area contributed by atoms with Crippen molar-refractivity contribution in [2.45, 2.75) is 51.6 Å². The first-order valence-electron chi connectivity index (χ1n) is 11.3. The summed E-state index contributed by atoms with van der Waals surface area (Å²) in [4.78, 5) is 30.7. The van der Waals surface area contributed by atoms with Gasteiger partial charge in [-0.25, -0.2) is 14.0 Å². The molecule has 0 radical (unpaired) electrons. The Morgan fingerprint density at radius 3 is 2.17 bits per heavy atom. The lowest BCUT2D eigenvalue weighted by Crippen LogP contribution is -2.56. The van der Waals surface area contributed by atoms with E-state index in [0.29, 0.717) is 45.3 Å². The number of rotatable bonds is 3. The van der Waals surface area contributed by atoms with Gasteiger partial charge in [0.25, 0.3) is 0 Å². The van der Waals surface area contributed by atoms with Gasteiger partial charge in [-0.1, -0.05) is 0 Å². The Hall–Kier alpha value is -1.92. The summed E-state index contributed by atoms with van der Waals surface area (Å²) in [6.07, 6.45) is -3.54. The molecule has 0 N–H and O–H groups in total. The number of benzene rings is 1. The van der Waals surface area contributed by atoms with Gasteiger partial charge in [-0.05, 0) is 61.7 Å². The number of urea groups is 1. The SMILES string of the molecule is CC(C)(C)OC(=O)N1CCC(N2CCN(C(=O)N(Cl)c3ccc(Br)c(OC(F)(F)F)c3)CC2)CC1. The second-order valence-electron chi connectivity index (χ2n) is 9.45.